The van der Waals surface area contributed by atoms with Gasteiger partial charge in [-0.25, -0.2) is 0 Å². The van der Waals surface area contributed by atoms with E-state index in [0.29, 0.717) is 17.9 Å². The number of hydrogen-bond acceptors (Lipinski definition) is 2. The molecule has 1 saturated carbocycles. The van der Waals surface area contributed by atoms with Crippen molar-refractivity contribution in [1.29, 1.82) is 0 Å². The van der Waals surface area contributed by atoms with Gasteiger partial charge in [-0.3, -0.25) is 0 Å². The van der Waals surface area contributed by atoms with E-state index in [0.717, 1.165) is 12.4 Å². The van der Waals surface area contributed by atoms with Gasteiger partial charge in [0.05, 0.1) is 6.61 Å². The van der Waals surface area contributed by atoms with Crippen molar-refractivity contribution in [3.8, 4) is 5.75 Å². The fraction of sp³-hybridized carbons (Fsp3) is 0.538. The molecule has 0 unspecified atom stereocenters. The van der Waals surface area contributed by atoms with E-state index in [9.17, 15) is 0 Å². The largest absolute Gasteiger partial charge is 0.494 e. The Balaban J connectivity index is 2.15. The quantitative estimate of drug-likeness (QED) is 0.819. The monoisotopic (exact) mass is 205 g/mol. The molecule has 3 atom stereocenters. The first-order valence-electron chi connectivity index (χ1n) is 5.71. The van der Waals surface area contributed by atoms with E-state index in [-0.39, 0.29) is 0 Å². The Hall–Kier alpha value is -1.02. The topological polar surface area (TPSA) is 35.2 Å². The van der Waals surface area contributed by atoms with Crippen LogP contribution in [0.4, 0.5) is 0 Å². The van der Waals surface area contributed by atoms with Gasteiger partial charge in [0, 0.05) is 6.04 Å². The highest BCUT2D eigenvalue weighted by Gasteiger charge is 2.42. The molecule has 2 heteroatoms. The van der Waals surface area contributed by atoms with Gasteiger partial charge in [0.2, 0.25) is 0 Å². The van der Waals surface area contributed by atoms with E-state index in [1.54, 1.807) is 0 Å². The maximum Gasteiger partial charge on any atom is 0.122 e. The van der Waals surface area contributed by atoms with E-state index in [1.807, 2.05) is 13.0 Å². The highest BCUT2D eigenvalue weighted by molar-refractivity contribution is 5.40. The van der Waals surface area contributed by atoms with Gasteiger partial charge >= 0.3 is 0 Å². The van der Waals surface area contributed by atoms with Crippen LogP contribution in [-0.4, -0.2) is 12.6 Å². The van der Waals surface area contributed by atoms with E-state index in [4.69, 9.17) is 10.5 Å². The molecule has 0 amide bonds. The summed E-state index contributed by atoms with van der Waals surface area (Å²) in [5, 5.41) is 0. The van der Waals surface area contributed by atoms with Gasteiger partial charge in [0.15, 0.2) is 0 Å². The van der Waals surface area contributed by atoms with Crippen LogP contribution in [0.15, 0.2) is 24.3 Å². The van der Waals surface area contributed by atoms with Gasteiger partial charge in [-0.1, -0.05) is 18.2 Å². The zero-order valence-electron chi connectivity index (χ0n) is 9.44. The van der Waals surface area contributed by atoms with Gasteiger partial charge in [-0.15, -0.1) is 0 Å². The van der Waals surface area contributed by atoms with Gasteiger partial charge < -0.3 is 10.5 Å². The lowest BCUT2D eigenvalue weighted by Crippen LogP contribution is -2.18. The van der Waals surface area contributed by atoms with Gasteiger partial charge in [0.25, 0.3) is 0 Å². The smallest absolute Gasteiger partial charge is 0.122 e. The molecule has 82 valence electrons. The van der Waals surface area contributed by atoms with Crippen LogP contribution >= 0.6 is 0 Å². The predicted octanol–water partition coefficient (Wildman–Crippen LogP) is 2.54. The first-order chi connectivity index (χ1) is 7.24. The Bertz CT molecular complexity index is 335. The second kappa shape index (κ2) is 4.23. The van der Waals surface area contributed by atoms with Crippen molar-refractivity contribution in [2.45, 2.75) is 32.2 Å². The second-order valence-corrected chi connectivity index (χ2v) is 4.34. The van der Waals surface area contributed by atoms with Crippen LogP contribution in [-0.2, 0) is 0 Å². The van der Waals surface area contributed by atoms with Crippen LogP contribution in [0.2, 0.25) is 0 Å². The Kier molecular flexibility index (Phi) is 2.96. The molecule has 15 heavy (non-hydrogen) atoms. The van der Waals surface area contributed by atoms with Gasteiger partial charge in [-0.2, -0.15) is 0 Å². The molecule has 1 fully saturated rings. The summed E-state index contributed by atoms with van der Waals surface area (Å²) < 4.78 is 5.63. The number of ether oxygens (including phenoxy) is 1. The normalized spacial score (nSPS) is 26.1. The van der Waals surface area contributed by atoms with Crippen molar-refractivity contribution < 1.29 is 4.74 Å². The molecule has 0 aromatic heterocycles. The highest BCUT2D eigenvalue weighted by Crippen LogP contribution is 2.51. The lowest BCUT2D eigenvalue weighted by atomic mass is 10.1. The number of rotatable bonds is 4. The SMILES string of the molecule is CCOc1ccccc1[C@@H]1C[C@H]1[C@H](C)N. The summed E-state index contributed by atoms with van der Waals surface area (Å²) in [6.07, 6.45) is 1.21. The van der Waals surface area contributed by atoms with Crippen molar-refractivity contribution >= 4 is 0 Å². The third-order valence-corrected chi connectivity index (χ3v) is 3.13. The van der Waals surface area contributed by atoms with Crippen molar-refractivity contribution in [3.05, 3.63) is 29.8 Å². The number of para-hydroxylation sites is 1. The third-order valence-electron chi connectivity index (χ3n) is 3.13. The van der Waals surface area contributed by atoms with Crippen molar-refractivity contribution in [2.75, 3.05) is 6.61 Å². The zero-order valence-corrected chi connectivity index (χ0v) is 9.44. The predicted molar refractivity (Wildman–Crippen MR) is 62.1 cm³/mol. The highest BCUT2D eigenvalue weighted by atomic mass is 16.5. The van der Waals surface area contributed by atoms with Gasteiger partial charge in [0.1, 0.15) is 5.75 Å². The van der Waals surface area contributed by atoms with Crippen molar-refractivity contribution in [2.24, 2.45) is 11.7 Å². The Morgan fingerprint density at radius 3 is 2.80 bits per heavy atom. The lowest BCUT2D eigenvalue weighted by Gasteiger charge is -2.10. The minimum absolute atomic E-state index is 0.296. The summed E-state index contributed by atoms with van der Waals surface area (Å²) >= 11 is 0. The first-order valence-corrected chi connectivity index (χ1v) is 5.71. The van der Waals surface area contributed by atoms with E-state index in [2.05, 4.69) is 25.1 Å². The maximum atomic E-state index is 5.91. The Morgan fingerprint density at radius 2 is 2.20 bits per heavy atom. The fourth-order valence-electron chi connectivity index (χ4n) is 2.23. The maximum absolute atomic E-state index is 5.91. The average Bonchev–Trinajstić information content (AvgIpc) is 2.99. The number of benzene rings is 1. The molecule has 0 heterocycles. The molecular formula is C13H19NO. The number of hydrogen-bond donors (Lipinski definition) is 1. The molecule has 1 aliphatic rings. The number of nitrogens with two attached hydrogens (primary N) is 1. The molecule has 1 aliphatic carbocycles. The molecule has 2 N–H and O–H groups in total. The molecule has 1 aromatic carbocycles. The summed E-state index contributed by atoms with van der Waals surface area (Å²) in [6, 6.07) is 8.62. The standard InChI is InChI=1S/C13H19NO/c1-3-15-13-7-5-4-6-10(13)12-8-11(12)9(2)14/h4-7,9,11-12H,3,8,14H2,1-2H3/t9-,11-,12-/m0/s1. The fourth-order valence-corrected chi connectivity index (χ4v) is 2.23. The molecule has 0 aliphatic heterocycles. The Labute approximate surface area is 91.4 Å². The molecule has 0 radical (unpaired) electrons. The molecule has 1 aromatic rings. The van der Waals surface area contributed by atoms with Crippen molar-refractivity contribution in [1.82, 2.24) is 0 Å². The summed E-state index contributed by atoms with van der Waals surface area (Å²) in [4.78, 5) is 0. The summed E-state index contributed by atoms with van der Waals surface area (Å²) in [7, 11) is 0. The van der Waals surface area contributed by atoms with E-state index in [1.165, 1.54) is 12.0 Å². The minimum Gasteiger partial charge on any atom is -0.494 e. The molecule has 2 nitrogen and oxygen atoms in total. The first kappa shape index (κ1) is 10.5. The van der Waals surface area contributed by atoms with Crippen LogP contribution in [0.5, 0.6) is 5.75 Å². The Morgan fingerprint density at radius 1 is 1.47 bits per heavy atom. The minimum atomic E-state index is 0.296. The van der Waals surface area contributed by atoms with Gasteiger partial charge in [-0.05, 0) is 43.7 Å². The third kappa shape index (κ3) is 2.15. The van der Waals surface area contributed by atoms with Crippen LogP contribution in [0.1, 0.15) is 31.7 Å². The molecule has 0 spiro atoms. The van der Waals surface area contributed by atoms with Crippen molar-refractivity contribution in [3.63, 3.8) is 0 Å². The van der Waals surface area contributed by atoms with E-state index < -0.39 is 0 Å². The van der Waals surface area contributed by atoms with Crippen LogP contribution < -0.4 is 10.5 Å². The summed E-state index contributed by atoms with van der Waals surface area (Å²) in [5.41, 5.74) is 7.24. The summed E-state index contributed by atoms with van der Waals surface area (Å²) in [6.45, 7) is 4.84. The molecule has 0 saturated heterocycles. The molecule has 0 bridgehead atoms. The second-order valence-electron chi connectivity index (χ2n) is 4.34. The molecule has 2 rings (SSSR count). The van der Waals surface area contributed by atoms with Crippen LogP contribution in [0.3, 0.4) is 0 Å². The summed E-state index contributed by atoms with van der Waals surface area (Å²) in [5.74, 6) is 2.30. The average molecular weight is 205 g/mol. The molecular weight excluding hydrogens is 186 g/mol. The van der Waals surface area contributed by atoms with Crippen LogP contribution in [0, 0.1) is 5.92 Å². The van der Waals surface area contributed by atoms with E-state index >= 15 is 0 Å². The zero-order chi connectivity index (χ0) is 10.8. The lowest BCUT2D eigenvalue weighted by molar-refractivity contribution is 0.336. The van der Waals surface area contributed by atoms with Crippen LogP contribution in [0.25, 0.3) is 0 Å².